The fourth-order valence-electron chi connectivity index (χ4n) is 2.09. The van der Waals surface area contributed by atoms with Gasteiger partial charge in [0.25, 0.3) is 0 Å². The van der Waals surface area contributed by atoms with E-state index in [2.05, 4.69) is 10.4 Å². The second kappa shape index (κ2) is 7.24. The topological polar surface area (TPSA) is 73.2 Å². The molecule has 0 aliphatic heterocycles. The van der Waals surface area contributed by atoms with Gasteiger partial charge < -0.3 is 10.1 Å². The number of rotatable bonds is 6. The Balaban J connectivity index is 2.58. The average molecular weight is 295 g/mol. The van der Waals surface area contributed by atoms with Crippen molar-refractivity contribution in [3.8, 4) is 0 Å². The van der Waals surface area contributed by atoms with Gasteiger partial charge in [-0.2, -0.15) is 5.10 Å². The van der Waals surface area contributed by atoms with Gasteiger partial charge in [0, 0.05) is 26.2 Å². The van der Waals surface area contributed by atoms with Gasteiger partial charge in [-0.25, -0.2) is 0 Å². The number of hydrogen-bond donors (Lipinski definition) is 1. The maximum atomic E-state index is 12.3. The number of carbonyl (C=O) groups excluding carboxylic acids is 2. The van der Waals surface area contributed by atoms with E-state index in [4.69, 9.17) is 4.74 Å². The molecule has 1 rings (SSSR count). The van der Waals surface area contributed by atoms with Crippen LogP contribution in [0.15, 0.2) is 12.3 Å². The maximum Gasteiger partial charge on any atom is 0.319 e. The molecule has 21 heavy (non-hydrogen) atoms. The lowest BCUT2D eigenvalue weighted by Crippen LogP contribution is -2.44. The first-order chi connectivity index (χ1) is 9.75. The van der Waals surface area contributed by atoms with Crippen molar-refractivity contribution in [1.29, 1.82) is 0 Å². The molecule has 1 N–H and O–H groups in total. The molecule has 0 bridgehead atoms. The van der Waals surface area contributed by atoms with Gasteiger partial charge in [0.1, 0.15) is 5.92 Å². The van der Waals surface area contributed by atoms with E-state index in [0.717, 1.165) is 5.69 Å². The molecular weight excluding hydrogens is 270 g/mol. The zero-order valence-corrected chi connectivity index (χ0v) is 13.5. The summed E-state index contributed by atoms with van der Waals surface area (Å²) in [4.78, 5) is 24.2. The third-order valence-electron chi connectivity index (χ3n) is 3.10. The maximum absolute atomic E-state index is 12.3. The molecule has 1 amide bonds. The summed E-state index contributed by atoms with van der Waals surface area (Å²) in [5.41, 5.74) is 0.419. The SMILES string of the molecule is CCOC(=O)C(C(=O)NCCc1ccn(C)n1)C(C)(C)C. The molecule has 0 aromatic carbocycles. The molecule has 6 nitrogen and oxygen atoms in total. The number of amides is 1. The van der Waals surface area contributed by atoms with E-state index < -0.39 is 17.3 Å². The second-order valence-corrected chi connectivity index (χ2v) is 6.07. The minimum atomic E-state index is -0.804. The number of ether oxygens (including phenoxy) is 1. The minimum Gasteiger partial charge on any atom is -0.465 e. The summed E-state index contributed by atoms with van der Waals surface area (Å²) in [5.74, 6) is -1.57. The smallest absolute Gasteiger partial charge is 0.319 e. The highest BCUT2D eigenvalue weighted by Gasteiger charge is 2.38. The van der Waals surface area contributed by atoms with E-state index in [1.165, 1.54) is 0 Å². The van der Waals surface area contributed by atoms with E-state index >= 15 is 0 Å². The number of hydrogen-bond acceptors (Lipinski definition) is 4. The standard InChI is InChI=1S/C15H25N3O3/c1-6-21-14(20)12(15(2,3)4)13(19)16-9-7-11-8-10-18(5)17-11/h8,10,12H,6-7,9H2,1-5H3,(H,16,19). The number of nitrogens with zero attached hydrogens (tertiary/aromatic N) is 2. The predicted molar refractivity (Wildman–Crippen MR) is 79.5 cm³/mol. The highest BCUT2D eigenvalue weighted by atomic mass is 16.5. The molecule has 1 aromatic heterocycles. The van der Waals surface area contributed by atoms with Crippen LogP contribution in [0.3, 0.4) is 0 Å². The molecule has 0 radical (unpaired) electrons. The average Bonchev–Trinajstić information content (AvgIpc) is 2.73. The third kappa shape index (κ3) is 5.21. The minimum absolute atomic E-state index is 0.270. The Morgan fingerprint density at radius 1 is 1.43 bits per heavy atom. The Morgan fingerprint density at radius 3 is 2.57 bits per heavy atom. The van der Waals surface area contributed by atoms with Crippen molar-refractivity contribution in [2.45, 2.75) is 34.1 Å². The predicted octanol–water partition coefficient (Wildman–Crippen LogP) is 1.30. The molecule has 0 aliphatic carbocycles. The molecule has 1 atom stereocenters. The zero-order valence-electron chi connectivity index (χ0n) is 13.5. The molecule has 0 saturated carbocycles. The first kappa shape index (κ1) is 17.2. The Morgan fingerprint density at radius 2 is 2.10 bits per heavy atom. The Hall–Kier alpha value is -1.85. The summed E-state index contributed by atoms with van der Waals surface area (Å²) >= 11 is 0. The van der Waals surface area contributed by atoms with Gasteiger partial charge >= 0.3 is 5.97 Å². The van der Waals surface area contributed by atoms with Crippen LogP contribution in [-0.2, 0) is 27.8 Å². The lowest BCUT2D eigenvalue weighted by Gasteiger charge is -2.27. The molecule has 0 saturated heterocycles. The highest BCUT2D eigenvalue weighted by Crippen LogP contribution is 2.27. The molecule has 1 heterocycles. The largest absolute Gasteiger partial charge is 0.465 e. The molecule has 1 unspecified atom stereocenters. The van der Waals surface area contributed by atoms with Gasteiger partial charge in [-0.15, -0.1) is 0 Å². The van der Waals surface area contributed by atoms with Gasteiger partial charge in [-0.05, 0) is 18.4 Å². The van der Waals surface area contributed by atoms with Crippen LogP contribution in [0.1, 0.15) is 33.4 Å². The molecular formula is C15H25N3O3. The van der Waals surface area contributed by atoms with Crippen molar-refractivity contribution >= 4 is 11.9 Å². The lowest BCUT2D eigenvalue weighted by molar-refractivity contribution is -0.156. The first-order valence-corrected chi connectivity index (χ1v) is 7.18. The zero-order chi connectivity index (χ0) is 16.0. The first-order valence-electron chi connectivity index (χ1n) is 7.18. The summed E-state index contributed by atoms with van der Waals surface area (Å²) < 4.78 is 6.72. The Kier molecular flexibility index (Phi) is 5.93. The molecule has 1 aromatic rings. The van der Waals surface area contributed by atoms with Crippen molar-refractivity contribution in [2.75, 3.05) is 13.2 Å². The number of aryl methyl sites for hydroxylation is 1. The van der Waals surface area contributed by atoms with Crippen LogP contribution in [0.2, 0.25) is 0 Å². The van der Waals surface area contributed by atoms with Crippen LogP contribution < -0.4 is 5.32 Å². The fraction of sp³-hybridized carbons (Fsp3) is 0.667. The van der Waals surface area contributed by atoms with Gasteiger partial charge in [0.2, 0.25) is 5.91 Å². The molecule has 0 aliphatic rings. The van der Waals surface area contributed by atoms with E-state index in [-0.39, 0.29) is 12.5 Å². The van der Waals surface area contributed by atoms with Crippen molar-refractivity contribution in [3.63, 3.8) is 0 Å². The van der Waals surface area contributed by atoms with Crippen molar-refractivity contribution in [2.24, 2.45) is 18.4 Å². The van der Waals surface area contributed by atoms with Crippen molar-refractivity contribution < 1.29 is 14.3 Å². The summed E-state index contributed by atoms with van der Waals surface area (Å²) in [6.07, 6.45) is 2.49. The Bertz CT molecular complexity index is 489. The van der Waals surface area contributed by atoms with E-state index in [1.807, 2.05) is 40.1 Å². The number of aromatic nitrogens is 2. The van der Waals surface area contributed by atoms with Crippen LogP contribution in [0.4, 0.5) is 0 Å². The van der Waals surface area contributed by atoms with E-state index in [1.54, 1.807) is 11.6 Å². The van der Waals surface area contributed by atoms with Crippen LogP contribution in [0, 0.1) is 11.3 Å². The van der Waals surface area contributed by atoms with Crippen LogP contribution in [0.25, 0.3) is 0 Å². The highest BCUT2D eigenvalue weighted by molar-refractivity contribution is 5.98. The second-order valence-electron chi connectivity index (χ2n) is 6.07. The number of nitrogens with one attached hydrogen (secondary N) is 1. The normalized spacial score (nSPS) is 12.8. The van der Waals surface area contributed by atoms with Crippen LogP contribution >= 0.6 is 0 Å². The molecule has 0 fully saturated rings. The molecule has 118 valence electrons. The van der Waals surface area contributed by atoms with Gasteiger partial charge in [-0.1, -0.05) is 20.8 Å². The van der Waals surface area contributed by atoms with E-state index in [0.29, 0.717) is 13.0 Å². The van der Waals surface area contributed by atoms with Gasteiger partial charge in [0.05, 0.1) is 12.3 Å². The van der Waals surface area contributed by atoms with Crippen LogP contribution in [0.5, 0.6) is 0 Å². The Labute approximate surface area is 125 Å². The summed E-state index contributed by atoms with van der Waals surface area (Å²) in [7, 11) is 1.85. The molecule has 0 spiro atoms. The summed E-state index contributed by atoms with van der Waals surface area (Å²) in [6.45, 7) is 8.01. The fourth-order valence-corrected chi connectivity index (χ4v) is 2.09. The molecule has 6 heteroatoms. The third-order valence-corrected chi connectivity index (χ3v) is 3.10. The summed E-state index contributed by atoms with van der Waals surface area (Å²) in [6, 6.07) is 1.90. The number of esters is 1. The van der Waals surface area contributed by atoms with Crippen molar-refractivity contribution in [3.05, 3.63) is 18.0 Å². The van der Waals surface area contributed by atoms with Gasteiger partial charge in [-0.3, -0.25) is 14.3 Å². The van der Waals surface area contributed by atoms with Crippen LogP contribution in [-0.4, -0.2) is 34.8 Å². The lowest BCUT2D eigenvalue weighted by atomic mass is 9.80. The van der Waals surface area contributed by atoms with Crippen molar-refractivity contribution in [1.82, 2.24) is 15.1 Å². The summed E-state index contributed by atoms with van der Waals surface area (Å²) in [5, 5.41) is 7.04. The number of carbonyl (C=O) groups is 2. The monoisotopic (exact) mass is 295 g/mol. The van der Waals surface area contributed by atoms with E-state index in [9.17, 15) is 9.59 Å². The van der Waals surface area contributed by atoms with Gasteiger partial charge in [0.15, 0.2) is 0 Å². The quantitative estimate of drug-likeness (QED) is 0.634.